The Hall–Kier alpha value is -0.920. The predicted octanol–water partition coefficient (Wildman–Crippen LogP) is 1.84. The molecular weight excluding hydrogens is 128 g/mol. The quantitative estimate of drug-likeness (QED) is 0.333. The highest BCUT2D eigenvalue weighted by atomic mass is 16.5. The molecule has 0 aromatic heterocycles. The van der Waals surface area contributed by atoms with Gasteiger partial charge in [0, 0.05) is 12.7 Å². The van der Waals surface area contributed by atoms with Crippen molar-refractivity contribution in [3.8, 4) is 0 Å². The largest absolute Gasteiger partial charge is 0.557 e. The first kappa shape index (κ1) is 9.08. The van der Waals surface area contributed by atoms with Crippen LogP contribution in [0.4, 0.5) is 0 Å². The Morgan fingerprint density at radius 2 is 2.40 bits per heavy atom. The third kappa shape index (κ3) is 3.17. The van der Waals surface area contributed by atoms with Crippen LogP contribution in [0, 0.1) is 6.10 Å². The maximum atomic E-state index is 5.00. The molecule has 0 bridgehead atoms. The van der Waals surface area contributed by atoms with Gasteiger partial charge in [-0.2, -0.15) is 0 Å². The molecule has 0 aliphatic rings. The maximum absolute atomic E-state index is 5.00. The van der Waals surface area contributed by atoms with Crippen LogP contribution in [0.1, 0.15) is 20.3 Å². The molecule has 0 aliphatic carbocycles. The standard InChI is InChI=1S/C8H14O2/c1-5-8(10-4)6-7(2)9-3/h6H,3,5H2,1-2,4H3/b8-6-. The van der Waals surface area contributed by atoms with Gasteiger partial charge in [0.1, 0.15) is 0 Å². The van der Waals surface area contributed by atoms with Gasteiger partial charge in [-0.15, -0.1) is 0 Å². The van der Waals surface area contributed by atoms with Crippen LogP contribution in [0.25, 0.3) is 0 Å². The van der Waals surface area contributed by atoms with Crippen LogP contribution in [0.2, 0.25) is 0 Å². The van der Waals surface area contributed by atoms with Crippen LogP contribution < -0.4 is 0 Å². The van der Waals surface area contributed by atoms with E-state index in [9.17, 15) is 0 Å². The second kappa shape index (κ2) is 4.91. The minimum Gasteiger partial charge on any atom is -0.557 e. The highest BCUT2D eigenvalue weighted by molar-refractivity contribution is 5.15. The summed E-state index contributed by atoms with van der Waals surface area (Å²) in [6.07, 6.45) is 3.46. The zero-order valence-electron chi connectivity index (χ0n) is 6.81. The molecule has 10 heavy (non-hydrogen) atoms. The molecular formula is C8H14O2. The van der Waals surface area contributed by atoms with Gasteiger partial charge in [0.2, 0.25) is 6.10 Å². The van der Waals surface area contributed by atoms with E-state index < -0.39 is 0 Å². The molecule has 0 atom stereocenters. The van der Waals surface area contributed by atoms with Crippen LogP contribution in [-0.2, 0) is 9.16 Å². The van der Waals surface area contributed by atoms with Crippen molar-refractivity contribution in [3.05, 3.63) is 17.9 Å². The van der Waals surface area contributed by atoms with Gasteiger partial charge in [0.15, 0.2) is 6.79 Å². The van der Waals surface area contributed by atoms with Crippen molar-refractivity contribution >= 4 is 6.79 Å². The van der Waals surface area contributed by atoms with Crippen LogP contribution in [-0.4, -0.2) is 13.9 Å². The Labute approximate surface area is 62.2 Å². The average molecular weight is 142 g/mol. The van der Waals surface area contributed by atoms with E-state index in [1.165, 1.54) is 0 Å². The van der Waals surface area contributed by atoms with Crippen molar-refractivity contribution < 1.29 is 9.16 Å². The van der Waals surface area contributed by atoms with Gasteiger partial charge in [0.25, 0.3) is 0 Å². The van der Waals surface area contributed by atoms with Crippen molar-refractivity contribution in [2.75, 3.05) is 7.11 Å². The lowest BCUT2D eigenvalue weighted by atomic mass is 10.3. The fourth-order valence-electron chi connectivity index (χ4n) is 0.574. The van der Waals surface area contributed by atoms with Crippen LogP contribution >= 0.6 is 0 Å². The molecule has 0 unspecified atom stereocenters. The number of hydrogen-bond acceptors (Lipinski definition) is 1. The molecule has 0 aromatic carbocycles. The Balaban J connectivity index is 3.95. The van der Waals surface area contributed by atoms with Crippen molar-refractivity contribution in [1.82, 2.24) is 0 Å². The molecule has 2 nitrogen and oxygen atoms in total. The third-order valence-electron chi connectivity index (χ3n) is 1.20. The molecule has 0 amide bonds. The zero-order valence-corrected chi connectivity index (χ0v) is 6.81. The van der Waals surface area contributed by atoms with E-state index in [0.717, 1.165) is 18.3 Å². The van der Waals surface area contributed by atoms with E-state index in [1.807, 2.05) is 19.9 Å². The summed E-state index contributed by atoms with van der Waals surface area (Å²) in [5, 5.41) is 0. The van der Waals surface area contributed by atoms with Crippen molar-refractivity contribution in [2.45, 2.75) is 20.3 Å². The molecule has 0 spiro atoms. The molecule has 0 aromatic rings. The zero-order chi connectivity index (χ0) is 7.98. The fourth-order valence-corrected chi connectivity index (χ4v) is 0.574. The minimum atomic E-state index is 0.763. The second-order valence-electron chi connectivity index (χ2n) is 1.92. The number of rotatable bonds is 4. The molecule has 0 rings (SSSR count). The lowest BCUT2D eigenvalue weighted by Crippen LogP contribution is -1.90. The summed E-state index contributed by atoms with van der Waals surface area (Å²) in [4.78, 5) is 0. The first-order valence-electron chi connectivity index (χ1n) is 3.24. The summed E-state index contributed by atoms with van der Waals surface area (Å²) >= 11 is 0. The lowest BCUT2D eigenvalue weighted by Gasteiger charge is -2.06. The first-order valence-corrected chi connectivity index (χ1v) is 3.24. The number of methoxy groups -OCH3 is 1. The first-order chi connectivity index (χ1) is 4.74. The van der Waals surface area contributed by atoms with E-state index in [-0.39, 0.29) is 0 Å². The number of ether oxygens (including phenoxy) is 1. The molecule has 2 heteroatoms. The Kier molecular flexibility index (Phi) is 4.46. The highest BCUT2D eigenvalue weighted by Crippen LogP contribution is 2.06. The monoisotopic (exact) mass is 142 g/mol. The molecule has 0 saturated carbocycles. The second-order valence-corrected chi connectivity index (χ2v) is 1.92. The molecule has 0 fully saturated rings. The molecule has 0 heterocycles. The molecule has 0 aliphatic heterocycles. The number of hydrogen-bond donors (Lipinski definition) is 0. The van der Waals surface area contributed by atoms with Gasteiger partial charge in [-0.1, -0.05) is 6.92 Å². The summed E-state index contributed by atoms with van der Waals surface area (Å²) in [5.41, 5.74) is 0. The van der Waals surface area contributed by atoms with Gasteiger partial charge < -0.3 is 9.16 Å². The van der Waals surface area contributed by atoms with Crippen molar-refractivity contribution in [2.24, 2.45) is 0 Å². The van der Waals surface area contributed by atoms with E-state index in [2.05, 4.69) is 6.79 Å². The van der Waals surface area contributed by atoms with Crippen LogP contribution in [0.5, 0.6) is 0 Å². The lowest BCUT2D eigenvalue weighted by molar-refractivity contribution is -0.419. The van der Waals surface area contributed by atoms with Crippen molar-refractivity contribution in [1.29, 1.82) is 0 Å². The summed E-state index contributed by atoms with van der Waals surface area (Å²) in [6.45, 7) is 7.12. The molecule has 0 radical (unpaired) electrons. The Morgan fingerprint density at radius 1 is 1.80 bits per heavy atom. The van der Waals surface area contributed by atoms with Crippen LogP contribution in [0.3, 0.4) is 0 Å². The third-order valence-corrected chi connectivity index (χ3v) is 1.20. The summed E-state index contributed by atoms with van der Waals surface area (Å²) in [5.74, 6) is 0.904. The van der Waals surface area contributed by atoms with Gasteiger partial charge in [-0.05, 0) is 12.5 Å². The number of allylic oxidation sites excluding steroid dienone is 1. The van der Waals surface area contributed by atoms with E-state index >= 15 is 0 Å². The van der Waals surface area contributed by atoms with Gasteiger partial charge in [-0.3, -0.25) is 0 Å². The number of carbonyl (C=O) groups excluding carboxylic acids is 1. The van der Waals surface area contributed by atoms with Gasteiger partial charge in [-0.25, -0.2) is 0 Å². The smallest absolute Gasteiger partial charge is 0.217 e. The van der Waals surface area contributed by atoms with Crippen LogP contribution in [0.15, 0.2) is 11.8 Å². The fraction of sp³-hybridized carbons (Fsp3) is 0.500. The molecule has 0 N–H and O–H groups in total. The summed E-state index contributed by atoms with van der Waals surface area (Å²) in [6, 6.07) is 0. The molecule has 0 saturated heterocycles. The Morgan fingerprint density at radius 3 is 2.70 bits per heavy atom. The molecule has 58 valence electrons. The van der Waals surface area contributed by atoms with E-state index in [1.54, 1.807) is 7.11 Å². The summed E-state index contributed by atoms with van der Waals surface area (Å²) in [7, 11) is 1.64. The minimum absolute atomic E-state index is 0.763. The summed E-state index contributed by atoms with van der Waals surface area (Å²) < 4.78 is 9.70. The highest BCUT2D eigenvalue weighted by Gasteiger charge is 1.96. The maximum Gasteiger partial charge on any atom is 0.217 e. The van der Waals surface area contributed by atoms with E-state index in [4.69, 9.17) is 9.16 Å². The normalized spacial score (nSPS) is 10.9. The van der Waals surface area contributed by atoms with E-state index in [0.29, 0.717) is 0 Å². The van der Waals surface area contributed by atoms with Gasteiger partial charge >= 0.3 is 0 Å². The topological polar surface area (TPSA) is 20.5 Å². The predicted molar refractivity (Wildman–Crippen MR) is 41.4 cm³/mol. The van der Waals surface area contributed by atoms with Crippen molar-refractivity contribution in [3.63, 3.8) is 0 Å². The average Bonchev–Trinajstić information content (AvgIpc) is 1.99. The SMILES string of the molecule is C=[O+][C-](C)/C=C(/CC)OC. The van der Waals surface area contributed by atoms with Gasteiger partial charge in [0.05, 0.1) is 7.11 Å². The Bertz CT molecular complexity index is 121.